The molecule has 1 aromatic rings. The van der Waals surface area contributed by atoms with Crippen LogP contribution in [0.2, 0.25) is 0 Å². The van der Waals surface area contributed by atoms with Crippen molar-refractivity contribution < 1.29 is 19.0 Å². The van der Waals surface area contributed by atoms with Crippen molar-refractivity contribution in [3.63, 3.8) is 0 Å². The first-order valence-corrected chi connectivity index (χ1v) is 5.99. The summed E-state index contributed by atoms with van der Waals surface area (Å²) in [5.41, 5.74) is 0. The Bertz CT molecular complexity index is 407. The smallest absolute Gasteiger partial charge is 0.226 e. The van der Waals surface area contributed by atoms with Crippen molar-refractivity contribution in [2.24, 2.45) is 0 Å². The van der Waals surface area contributed by atoms with Crippen molar-refractivity contribution in [2.45, 2.75) is 18.9 Å². The molecule has 2 rings (SSSR count). The minimum absolute atomic E-state index is 0.0198. The van der Waals surface area contributed by atoms with Gasteiger partial charge in [-0.15, -0.1) is 0 Å². The van der Waals surface area contributed by atoms with Gasteiger partial charge in [-0.3, -0.25) is 4.79 Å². The summed E-state index contributed by atoms with van der Waals surface area (Å²) in [6, 6.07) is 5.68. The highest BCUT2D eigenvalue weighted by Crippen LogP contribution is 2.13. The molecule has 0 aliphatic carbocycles. The van der Waals surface area contributed by atoms with Crippen LogP contribution in [0.3, 0.4) is 0 Å². The summed E-state index contributed by atoms with van der Waals surface area (Å²) >= 11 is 0. The Hall–Kier alpha value is -1.62. The molecule has 0 saturated carbocycles. The SMILES string of the molecule is O=C(CCOc1ccc(F)cc1)N1CCC(O)C1. The fourth-order valence-electron chi connectivity index (χ4n) is 1.91. The molecule has 0 radical (unpaired) electrons. The van der Waals surface area contributed by atoms with E-state index in [0.29, 0.717) is 25.3 Å². The monoisotopic (exact) mass is 253 g/mol. The van der Waals surface area contributed by atoms with Crippen LogP contribution in [0.5, 0.6) is 5.75 Å². The number of hydrogen-bond acceptors (Lipinski definition) is 3. The lowest BCUT2D eigenvalue weighted by Crippen LogP contribution is -2.30. The van der Waals surface area contributed by atoms with Crippen LogP contribution in [0.1, 0.15) is 12.8 Å². The minimum Gasteiger partial charge on any atom is -0.493 e. The summed E-state index contributed by atoms with van der Waals surface area (Å²) < 4.78 is 18.0. The summed E-state index contributed by atoms with van der Waals surface area (Å²) in [4.78, 5) is 13.3. The molecule has 0 aromatic heterocycles. The largest absolute Gasteiger partial charge is 0.493 e. The lowest BCUT2D eigenvalue weighted by Gasteiger charge is -2.15. The number of ether oxygens (including phenoxy) is 1. The number of halogens is 1. The Morgan fingerprint density at radius 3 is 2.78 bits per heavy atom. The molecule has 1 N–H and O–H groups in total. The van der Waals surface area contributed by atoms with Crippen LogP contribution in [0, 0.1) is 5.82 Å². The Labute approximate surface area is 105 Å². The van der Waals surface area contributed by atoms with Crippen LogP contribution in [-0.2, 0) is 4.79 Å². The molecule has 18 heavy (non-hydrogen) atoms. The maximum absolute atomic E-state index is 12.6. The number of hydrogen-bond donors (Lipinski definition) is 1. The molecule has 1 aliphatic rings. The summed E-state index contributed by atoms with van der Waals surface area (Å²) in [6.07, 6.45) is 0.515. The zero-order valence-electron chi connectivity index (χ0n) is 10.0. The van der Waals surface area contributed by atoms with Gasteiger partial charge in [0.05, 0.1) is 19.1 Å². The van der Waals surface area contributed by atoms with Gasteiger partial charge < -0.3 is 14.7 Å². The van der Waals surface area contributed by atoms with Crippen molar-refractivity contribution in [2.75, 3.05) is 19.7 Å². The first-order valence-electron chi connectivity index (χ1n) is 5.99. The second-order valence-electron chi connectivity index (χ2n) is 4.33. The number of aliphatic hydroxyl groups is 1. The maximum atomic E-state index is 12.6. The van der Waals surface area contributed by atoms with E-state index >= 15 is 0 Å². The predicted octanol–water partition coefficient (Wildman–Crippen LogP) is 1.19. The van der Waals surface area contributed by atoms with Crippen molar-refractivity contribution >= 4 is 5.91 Å². The van der Waals surface area contributed by atoms with E-state index in [1.165, 1.54) is 24.3 Å². The van der Waals surface area contributed by atoms with Gasteiger partial charge in [-0.1, -0.05) is 0 Å². The topological polar surface area (TPSA) is 49.8 Å². The number of aliphatic hydroxyl groups excluding tert-OH is 1. The second-order valence-corrected chi connectivity index (χ2v) is 4.33. The van der Waals surface area contributed by atoms with Gasteiger partial charge >= 0.3 is 0 Å². The van der Waals surface area contributed by atoms with E-state index in [1.54, 1.807) is 4.90 Å². The molecule has 1 fully saturated rings. The zero-order valence-corrected chi connectivity index (χ0v) is 10.0. The molecule has 0 bridgehead atoms. The average Bonchev–Trinajstić information content (AvgIpc) is 2.78. The van der Waals surface area contributed by atoms with Gasteiger partial charge in [-0.05, 0) is 30.7 Å². The summed E-state index contributed by atoms with van der Waals surface area (Å²) in [7, 11) is 0. The number of rotatable bonds is 4. The molecule has 5 heteroatoms. The van der Waals surface area contributed by atoms with Crippen LogP contribution in [0.15, 0.2) is 24.3 Å². The lowest BCUT2D eigenvalue weighted by molar-refractivity contribution is -0.131. The highest BCUT2D eigenvalue weighted by atomic mass is 19.1. The van der Waals surface area contributed by atoms with Crippen molar-refractivity contribution in [1.82, 2.24) is 4.90 Å². The van der Waals surface area contributed by atoms with E-state index in [4.69, 9.17) is 4.74 Å². The highest BCUT2D eigenvalue weighted by Gasteiger charge is 2.23. The zero-order chi connectivity index (χ0) is 13.0. The Kier molecular flexibility index (Phi) is 4.15. The van der Waals surface area contributed by atoms with Crippen LogP contribution in [0.4, 0.5) is 4.39 Å². The maximum Gasteiger partial charge on any atom is 0.226 e. The van der Waals surface area contributed by atoms with Gasteiger partial charge in [-0.25, -0.2) is 4.39 Å². The fraction of sp³-hybridized carbons (Fsp3) is 0.462. The van der Waals surface area contributed by atoms with Gasteiger partial charge in [-0.2, -0.15) is 0 Å². The molecule has 1 aromatic carbocycles. The number of carbonyl (C=O) groups excluding carboxylic acids is 1. The third-order valence-electron chi connectivity index (χ3n) is 2.91. The number of β-amino-alcohol motifs (C(OH)–C–C–N with tert-alkyl or cyclic N) is 1. The molecule has 0 spiro atoms. The third kappa shape index (κ3) is 3.43. The molecule has 1 amide bonds. The Balaban J connectivity index is 1.72. The van der Waals surface area contributed by atoms with E-state index in [0.717, 1.165) is 0 Å². The van der Waals surface area contributed by atoms with Crippen LogP contribution in [0.25, 0.3) is 0 Å². The first-order chi connectivity index (χ1) is 8.65. The minimum atomic E-state index is -0.396. The molecule has 1 unspecified atom stereocenters. The summed E-state index contributed by atoms with van der Waals surface area (Å²) in [5.74, 6) is 0.212. The summed E-state index contributed by atoms with van der Waals surface area (Å²) in [6.45, 7) is 1.28. The average molecular weight is 253 g/mol. The number of likely N-dealkylation sites (tertiary alicyclic amines) is 1. The van der Waals surface area contributed by atoms with Gasteiger partial charge in [0.25, 0.3) is 0 Å². The molecular formula is C13H16FNO3. The van der Waals surface area contributed by atoms with E-state index in [-0.39, 0.29) is 24.8 Å². The number of benzene rings is 1. The standard InChI is InChI=1S/C13H16FNO3/c14-10-1-3-12(4-2-10)18-8-6-13(17)15-7-5-11(16)9-15/h1-4,11,16H,5-9H2. The van der Waals surface area contributed by atoms with E-state index in [2.05, 4.69) is 0 Å². The molecule has 1 aliphatic heterocycles. The van der Waals surface area contributed by atoms with E-state index in [9.17, 15) is 14.3 Å². The summed E-state index contributed by atoms with van der Waals surface area (Å²) in [5, 5.41) is 9.32. The fourth-order valence-corrected chi connectivity index (χ4v) is 1.91. The van der Waals surface area contributed by atoms with Gasteiger partial charge in [0.15, 0.2) is 0 Å². The van der Waals surface area contributed by atoms with E-state index in [1.807, 2.05) is 0 Å². The molecule has 1 heterocycles. The molecule has 1 saturated heterocycles. The van der Waals surface area contributed by atoms with Crippen molar-refractivity contribution in [1.29, 1.82) is 0 Å². The molecule has 1 atom stereocenters. The van der Waals surface area contributed by atoms with Gasteiger partial charge in [0.1, 0.15) is 11.6 Å². The van der Waals surface area contributed by atoms with Crippen LogP contribution >= 0.6 is 0 Å². The van der Waals surface area contributed by atoms with Crippen LogP contribution in [-0.4, -0.2) is 41.7 Å². The predicted molar refractivity (Wildman–Crippen MR) is 63.7 cm³/mol. The van der Waals surface area contributed by atoms with Gasteiger partial charge in [0.2, 0.25) is 5.91 Å². The van der Waals surface area contributed by atoms with E-state index < -0.39 is 6.10 Å². The molecule has 4 nitrogen and oxygen atoms in total. The second kappa shape index (κ2) is 5.82. The van der Waals surface area contributed by atoms with Gasteiger partial charge in [0, 0.05) is 13.1 Å². The number of nitrogens with zero attached hydrogens (tertiary/aromatic N) is 1. The first kappa shape index (κ1) is 12.8. The number of carbonyl (C=O) groups is 1. The normalized spacial score (nSPS) is 19.0. The quantitative estimate of drug-likeness (QED) is 0.876. The molecule has 98 valence electrons. The highest BCUT2D eigenvalue weighted by molar-refractivity contribution is 5.76. The Morgan fingerprint density at radius 1 is 1.44 bits per heavy atom. The Morgan fingerprint density at radius 2 is 2.17 bits per heavy atom. The number of amides is 1. The third-order valence-corrected chi connectivity index (χ3v) is 2.91. The lowest BCUT2D eigenvalue weighted by atomic mass is 10.3. The van der Waals surface area contributed by atoms with Crippen LogP contribution < -0.4 is 4.74 Å². The van der Waals surface area contributed by atoms with Crippen molar-refractivity contribution in [3.05, 3.63) is 30.1 Å². The van der Waals surface area contributed by atoms with Crippen molar-refractivity contribution in [3.8, 4) is 5.75 Å². The molecular weight excluding hydrogens is 237 g/mol.